The number of thiazole rings is 1. The van der Waals surface area contributed by atoms with Crippen molar-refractivity contribution in [2.45, 2.75) is 64.8 Å². The number of aromatic nitrogens is 1. The van der Waals surface area contributed by atoms with Crippen LogP contribution in [0.15, 0.2) is 0 Å². The van der Waals surface area contributed by atoms with Crippen molar-refractivity contribution in [2.75, 3.05) is 20.3 Å². The molecule has 1 aliphatic rings. The highest BCUT2D eigenvalue weighted by molar-refractivity contribution is 7.11. The van der Waals surface area contributed by atoms with Gasteiger partial charge >= 0.3 is 0 Å². The average Bonchev–Trinajstić information content (AvgIpc) is 2.90. The predicted molar refractivity (Wildman–Crippen MR) is 90.0 cm³/mol. The fourth-order valence-corrected chi connectivity index (χ4v) is 4.62. The maximum absolute atomic E-state index is 5.23. The van der Waals surface area contributed by atoms with Gasteiger partial charge in [0.1, 0.15) is 5.01 Å². The standard InChI is InChI=1S/C17H30N2OS/c1-5-14-7-9-17(10-8-14,18-11-12-20-4)16-19-15(6-2)13(3)21-16/h14,18H,5-12H2,1-4H3. The summed E-state index contributed by atoms with van der Waals surface area (Å²) in [5.74, 6) is 0.897. The van der Waals surface area contributed by atoms with Crippen molar-refractivity contribution in [1.82, 2.24) is 10.3 Å². The molecule has 2 rings (SSSR count). The van der Waals surface area contributed by atoms with Crippen LogP contribution in [0.25, 0.3) is 0 Å². The number of nitrogens with zero attached hydrogens (tertiary/aromatic N) is 1. The molecule has 1 aromatic heterocycles. The van der Waals surface area contributed by atoms with Gasteiger partial charge in [-0.2, -0.15) is 0 Å². The molecule has 0 unspecified atom stereocenters. The minimum Gasteiger partial charge on any atom is -0.383 e. The molecule has 0 radical (unpaired) electrons. The monoisotopic (exact) mass is 310 g/mol. The van der Waals surface area contributed by atoms with Crippen LogP contribution in [0, 0.1) is 12.8 Å². The lowest BCUT2D eigenvalue weighted by molar-refractivity contribution is 0.149. The molecule has 1 fully saturated rings. The van der Waals surface area contributed by atoms with Crippen LogP contribution in [-0.2, 0) is 16.7 Å². The maximum Gasteiger partial charge on any atom is 0.113 e. The third-order valence-corrected chi connectivity index (χ3v) is 6.16. The lowest BCUT2D eigenvalue weighted by Crippen LogP contribution is -2.46. The van der Waals surface area contributed by atoms with Crippen LogP contribution in [0.2, 0.25) is 0 Å². The summed E-state index contributed by atoms with van der Waals surface area (Å²) in [6.45, 7) is 8.40. The minimum absolute atomic E-state index is 0.0903. The quantitative estimate of drug-likeness (QED) is 0.772. The SMILES string of the molecule is CCc1nc(C2(NCCOC)CCC(CC)CC2)sc1C. The van der Waals surface area contributed by atoms with Crippen molar-refractivity contribution in [2.24, 2.45) is 5.92 Å². The molecule has 1 saturated carbocycles. The van der Waals surface area contributed by atoms with E-state index in [0.29, 0.717) is 0 Å². The van der Waals surface area contributed by atoms with Gasteiger partial charge in [0.2, 0.25) is 0 Å². The van der Waals surface area contributed by atoms with Gasteiger partial charge in [0, 0.05) is 18.5 Å². The molecule has 1 aromatic rings. The van der Waals surface area contributed by atoms with E-state index in [-0.39, 0.29) is 5.54 Å². The number of aryl methyl sites for hydroxylation is 2. The van der Waals surface area contributed by atoms with Crippen LogP contribution >= 0.6 is 11.3 Å². The van der Waals surface area contributed by atoms with Gasteiger partial charge in [0.15, 0.2) is 0 Å². The Balaban J connectivity index is 2.18. The number of methoxy groups -OCH3 is 1. The molecule has 4 heteroatoms. The number of hydrogen-bond acceptors (Lipinski definition) is 4. The first-order chi connectivity index (χ1) is 10.1. The van der Waals surface area contributed by atoms with Crippen LogP contribution in [0.5, 0.6) is 0 Å². The van der Waals surface area contributed by atoms with Gasteiger partial charge in [0.25, 0.3) is 0 Å². The Morgan fingerprint density at radius 3 is 2.57 bits per heavy atom. The molecule has 0 spiro atoms. The molecule has 21 heavy (non-hydrogen) atoms. The Morgan fingerprint density at radius 2 is 2.05 bits per heavy atom. The molecule has 0 amide bonds. The van der Waals surface area contributed by atoms with E-state index in [1.54, 1.807) is 7.11 Å². The summed E-state index contributed by atoms with van der Waals surface area (Å²) in [6, 6.07) is 0. The summed E-state index contributed by atoms with van der Waals surface area (Å²) in [4.78, 5) is 6.36. The largest absolute Gasteiger partial charge is 0.383 e. The zero-order valence-electron chi connectivity index (χ0n) is 14.0. The zero-order chi connectivity index (χ0) is 15.3. The first-order valence-corrected chi connectivity index (χ1v) is 9.17. The van der Waals surface area contributed by atoms with Gasteiger partial charge in [-0.1, -0.05) is 20.3 Å². The fourth-order valence-electron chi connectivity index (χ4n) is 3.40. The van der Waals surface area contributed by atoms with Crippen molar-refractivity contribution in [3.8, 4) is 0 Å². The lowest BCUT2D eigenvalue weighted by atomic mass is 9.76. The van der Waals surface area contributed by atoms with Crippen LogP contribution in [-0.4, -0.2) is 25.2 Å². The third-order valence-electron chi connectivity index (χ3n) is 4.94. The molecular formula is C17H30N2OS. The van der Waals surface area contributed by atoms with Crippen LogP contribution in [0.4, 0.5) is 0 Å². The molecule has 0 saturated heterocycles. The second-order valence-electron chi connectivity index (χ2n) is 6.23. The van der Waals surface area contributed by atoms with Gasteiger partial charge in [-0.15, -0.1) is 11.3 Å². The first kappa shape index (κ1) is 16.9. The Hall–Kier alpha value is -0.450. The van der Waals surface area contributed by atoms with Crippen molar-refractivity contribution in [3.63, 3.8) is 0 Å². The van der Waals surface area contributed by atoms with E-state index in [1.807, 2.05) is 11.3 Å². The van der Waals surface area contributed by atoms with Crippen LogP contribution in [0.3, 0.4) is 0 Å². The van der Waals surface area contributed by atoms with E-state index < -0.39 is 0 Å². The van der Waals surface area contributed by atoms with Crippen molar-refractivity contribution < 1.29 is 4.74 Å². The Labute approximate surface area is 133 Å². The fraction of sp³-hybridized carbons (Fsp3) is 0.824. The van der Waals surface area contributed by atoms with Gasteiger partial charge in [-0.05, 0) is 44.9 Å². The molecular weight excluding hydrogens is 280 g/mol. The van der Waals surface area contributed by atoms with E-state index in [1.165, 1.54) is 47.7 Å². The van der Waals surface area contributed by atoms with Crippen molar-refractivity contribution in [3.05, 3.63) is 15.6 Å². The lowest BCUT2D eigenvalue weighted by Gasteiger charge is -2.39. The summed E-state index contributed by atoms with van der Waals surface area (Å²) in [7, 11) is 1.77. The molecule has 1 heterocycles. The summed E-state index contributed by atoms with van der Waals surface area (Å²) in [6.07, 6.45) is 7.41. The number of hydrogen-bond donors (Lipinski definition) is 1. The zero-order valence-corrected chi connectivity index (χ0v) is 14.8. The van der Waals surface area contributed by atoms with E-state index in [0.717, 1.165) is 25.5 Å². The molecule has 0 aromatic carbocycles. The third kappa shape index (κ3) is 3.85. The summed E-state index contributed by atoms with van der Waals surface area (Å²) >= 11 is 1.90. The smallest absolute Gasteiger partial charge is 0.113 e. The van der Waals surface area contributed by atoms with Gasteiger partial charge in [0.05, 0.1) is 17.8 Å². The summed E-state index contributed by atoms with van der Waals surface area (Å²) in [5, 5.41) is 5.09. The molecule has 1 aliphatic carbocycles. The highest BCUT2D eigenvalue weighted by Gasteiger charge is 2.38. The second kappa shape index (κ2) is 7.70. The average molecular weight is 311 g/mol. The number of rotatable bonds is 7. The van der Waals surface area contributed by atoms with Crippen molar-refractivity contribution in [1.29, 1.82) is 0 Å². The molecule has 0 bridgehead atoms. The number of ether oxygens (including phenoxy) is 1. The number of nitrogens with one attached hydrogen (secondary N) is 1. The first-order valence-electron chi connectivity index (χ1n) is 8.36. The summed E-state index contributed by atoms with van der Waals surface area (Å²) in [5.41, 5.74) is 1.37. The highest BCUT2D eigenvalue weighted by atomic mass is 32.1. The second-order valence-corrected chi connectivity index (χ2v) is 7.43. The van der Waals surface area contributed by atoms with Gasteiger partial charge in [-0.3, -0.25) is 0 Å². The normalized spacial score (nSPS) is 26.2. The predicted octanol–water partition coefficient (Wildman–Crippen LogP) is 4.05. The molecule has 0 atom stereocenters. The molecule has 0 aliphatic heterocycles. The van der Waals surface area contributed by atoms with E-state index in [2.05, 4.69) is 26.1 Å². The molecule has 3 nitrogen and oxygen atoms in total. The van der Waals surface area contributed by atoms with Crippen LogP contribution < -0.4 is 5.32 Å². The van der Waals surface area contributed by atoms with E-state index in [4.69, 9.17) is 9.72 Å². The topological polar surface area (TPSA) is 34.2 Å². The summed E-state index contributed by atoms with van der Waals surface area (Å²) < 4.78 is 5.23. The Bertz CT molecular complexity index is 430. The van der Waals surface area contributed by atoms with Crippen LogP contribution in [0.1, 0.15) is 61.5 Å². The maximum atomic E-state index is 5.23. The highest BCUT2D eigenvalue weighted by Crippen LogP contribution is 2.42. The van der Waals surface area contributed by atoms with E-state index >= 15 is 0 Å². The molecule has 1 N–H and O–H groups in total. The molecule has 120 valence electrons. The minimum atomic E-state index is 0.0903. The van der Waals surface area contributed by atoms with E-state index in [9.17, 15) is 0 Å². The Kier molecular flexibility index (Phi) is 6.20. The van der Waals surface area contributed by atoms with Gasteiger partial charge in [-0.25, -0.2) is 4.98 Å². The van der Waals surface area contributed by atoms with Gasteiger partial charge < -0.3 is 10.1 Å². The van der Waals surface area contributed by atoms with Crippen molar-refractivity contribution >= 4 is 11.3 Å². The Morgan fingerprint density at radius 1 is 1.33 bits per heavy atom.